The first-order chi connectivity index (χ1) is 20.7. The molecule has 1 aliphatic rings. The highest BCUT2D eigenvalue weighted by atomic mass is 19.4. The summed E-state index contributed by atoms with van der Waals surface area (Å²) in [5.74, 6) is 7.19. The van der Waals surface area contributed by atoms with Crippen molar-refractivity contribution in [2.75, 3.05) is 20.8 Å². The van der Waals surface area contributed by atoms with Crippen LogP contribution in [-0.4, -0.2) is 38.2 Å². The summed E-state index contributed by atoms with van der Waals surface area (Å²) in [6.07, 6.45) is -5.46. The molecule has 1 heterocycles. The van der Waals surface area contributed by atoms with E-state index in [1.54, 1.807) is 14.2 Å². The van der Waals surface area contributed by atoms with Gasteiger partial charge >= 0.3 is 11.8 Å². The molecule has 1 N–H and O–H groups in total. The van der Waals surface area contributed by atoms with E-state index in [1.807, 2.05) is 78.9 Å². The number of aliphatic hydroxyl groups is 1. The van der Waals surface area contributed by atoms with Gasteiger partial charge in [-0.2, -0.15) is 13.2 Å². The van der Waals surface area contributed by atoms with Crippen molar-refractivity contribution in [2.45, 2.75) is 30.0 Å². The molecule has 4 aromatic carbocycles. The summed E-state index contributed by atoms with van der Waals surface area (Å²) in [5.41, 5.74) is -0.599. The molecule has 0 fully saturated rings. The Morgan fingerprint density at radius 2 is 1.26 bits per heavy atom. The zero-order valence-electron chi connectivity index (χ0n) is 23.5. The zero-order chi connectivity index (χ0) is 30.5. The lowest BCUT2D eigenvalue weighted by atomic mass is 9.80. The second-order valence-corrected chi connectivity index (χ2v) is 9.92. The van der Waals surface area contributed by atoms with Gasteiger partial charge in [0.1, 0.15) is 17.1 Å². The minimum Gasteiger partial charge on any atom is -0.497 e. The van der Waals surface area contributed by atoms with Gasteiger partial charge in [0.25, 0.3) is 0 Å². The molecule has 9 heteroatoms. The Balaban J connectivity index is 1.38. The van der Waals surface area contributed by atoms with Crippen molar-refractivity contribution in [3.05, 3.63) is 131 Å². The van der Waals surface area contributed by atoms with Crippen LogP contribution in [0.4, 0.5) is 13.2 Å². The summed E-state index contributed by atoms with van der Waals surface area (Å²) in [7, 11) is 3.20. The fraction of sp³-hybridized carbons (Fsp3) is 0.235. The first kappa shape index (κ1) is 29.8. The average molecular weight is 587 g/mol. The molecule has 0 aromatic heterocycles. The van der Waals surface area contributed by atoms with Gasteiger partial charge in [-0.05, 0) is 53.1 Å². The number of hydrogen-bond donors (Lipinski definition) is 1. The van der Waals surface area contributed by atoms with Crippen LogP contribution >= 0.6 is 0 Å². The number of halogens is 3. The highest BCUT2D eigenvalue weighted by Crippen LogP contribution is 2.52. The maximum absolute atomic E-state index is 13.3. The van der Waals surface area contributed by atoms with Crippen molar-refractivity contribution in [3.8, 4) is 23.3 Å². The van der Waals surface area contributed by atoms with Gasteiger partial charge in [0.05, 0.1) is 26.9 Å². The fourth-order valence-electron chi connectivity index (χ4n) is 4.85. The second kappa shape index (κ2) is 12.3. The molecule has 0 saturated heterocycles. The quantitative estimate of drug-likeness (QED) is 0.161. The van der Waals surface area contributed by atoms with Crippen LogP contribution in [0.15, 0.2) is 113 Å². The molecule has 5 rings (SSSR count). The second-order valence-electron chi connectivity index (χ2n) is 9.92. The number of ether oxygens (including phenoxy) is 3. The molecule has 1 aliphatic heterocycles. The largest absolute Gasteiger partial charge is 0.497 e. The number of aliphatic hydroxyl groups excluding tert-OH is 1. The molecule has 6 nitrogen and oxygen atoms in total. The van der Waals surface area contributed by atoms with Gasteiger partial charge in [-0.3, -0.25) is 0 Å². The maximum atomic E-state index is 13.3. The average Bonchev–Trinajstić information content (AvgIpc) is 3.86. The summed E-state index contributed by atoms with van der Waals surface area (Å²) in [5, 5.41) is 17.4. The lowest BCUT2D eigenvalue weighted by molar-refractivity contribution is -0.166. The Bertz CT molecular complexity index is 1560. The van der Waals surface area contributed by atoms with Gasteiger partial charge in [-0.15, -0.1) is 10.2 Å². The molecule has 1 atom stereocenters. The van der Waals surface area contributed by atoms with Crippen LogP contribution in [0.5, 0.6) is 11.5 Å². The topological polar surface area (TPSA) is 72.6 Å². The summed E-state index contributed by atoms with van der Waals surface area (Å²) in [4.78, 5) is 0. The predicted molar refractivity (Wildman–Crippen MR) is 155 cm³/mol. The third kappa shape index (κ3) is 6.12. The number of benzene rings is 4. The summed E-state index contributed by atoms with van der Waals surface area (Å²) in [6, 6.07) is 30.4. The summed E-state index contributed by atoms with van der Waals surface area (Å²) in [6.45, 7) is -0.0579. The summed E-state index contributed by atoms with van der Waals surface area (Å²) < 4.78 is 57.2. The molecular formula is C34H29F3N2O4. The smallest absolute Gasteiger partial charge is 0.442 e. The molecule has 43 heavy (non-hydrogen) atoms. The molecule has 0 spiro atoms. The van der Waals surface area contributed by atoms with Crippen molar-refractivity contribution in [2.24, 2.45) is 10.2 Å². The van der Waals surface area contributed by atoms with E-state index in [9.17, 15) is 18.3 Å². The Kier molecular flexibility index (Phi) is 8.53. The molecule has 0 bridgehead atoms. The van der Waals surface area contributed by atoms with Gasteiger partial charge < -0.3 is 19.3 Å². The standard InChI is InChI=1S/C34H29F3N2O4/c1-41-30-19-15-26(16-20-30)32(25-8-4-3-5-9-25,27-17-21-31(42-2)22-18-27)43-23-29(40)10-6-7-24-11-13-28(14-12-24)33(38-39-33)34(35,36)37/h3-5,8-9,11-22,29,40H,10,23H2,1-2H3. The predicted octanol–water partition coefficient (Wildman–Crippen LogP) is 7.00. The Morgan fingerprint density at radius 3 is 1.72 bits per heavy atom. The third-order valence-corrected chi connectivity index (χ3v) is 7.22. The maximum Gasteiger partial charge on any atom is 0.442 e. The Hall–Kier alpha value is -4.65. The molecule has 0 saturated carbocycles. The lowest BCUT2D eigenvalue weighted by Crippen LogP contribution is -2.35. The minimum absolute atomic E-state index is 0.0579. The lowest BCUT2D eigenvalue weighted by Gasteiger charge is -2.36. The van der Waals surface area contributed by atoms with Gasteiger partial charge in [0.2, 0.25) is 0 Å². The van der Waals surface area contributed by atoms with Crippen molar-refractivity contribution >= 4 is 0 Å². The molecule has 1 unspecified atom stereocenters. The molecule has 220 valence electrons. The van der Waals surface area contributed by atoms with E-state index in [2.05, 4.69) is 22.1 Å². The molecule has 0 radical (unpaired) electrons. The number of nitrogens with zero attached hydrogens (tertiary/aromatic N) is 2. The van der Waals surface area contributed by atoms with E-state index in [-0.39, 0.29) is 18.6 Å². The van der Waals surface area contributed by atoms with Crippen LogP contribution in [0.3, 0.4) is 0 Å². The minimum atomic E-state index is -4.59. The van der Waals surface area contributed by atoms with Crippen molar-refractivity contribution < 1.29 is 32.5 Å². The molecule has 0 amide bonds. The molecule has 0 aliphatic carbocycles. The van der Waals surface area contributed by atoms with Crippen molar-refractivity contribution in [1.82, 2.24) is 0 Å². The highest BCUT2D eigenvalue weighted by molar-refractivity contribution is 5.50. The SMILES string of the molecule is COc1ccc(C(OCC(O)CC#Cc2ccc(C3(C(F)(F)F)N=N3)cc2)(c2ccccc2)c2ccc(OC)cc2)cc1. The van der Waals surface area contributed by atoms with Crippen LogP contribution < -0.4 is 9.47 Å². The van der Waals surface area contributed by atoms with Crippen LogP contribution in [-0.2, 0) is 16.0 Å². The van der Waals surface area contributed by atoms with E-state index in [1.165, 1.54) is 24.3 Å². The van der Waals surface area contributed by atoms with E-state index in [4.69, 9.17) is 14.2 Å². The van der Waals surface area contributed by atoms with Gasteiger partial charge in [-0.1, -0.05) is 78.6 Å². The van der Waals surface area contributed by atoms with Crippen molar-refractivity contribution in [1.29, 1.82) is 0 Å². The highest BCUT2D eigenvalue weighted by Gasteiger charge is 2.65. The Morgan fingerprint density at radius 1 is 0.744 bits per heavy atom. The van der Waals surface area contributed by atoms with Crippen molar-refractivity contribution in [3.63, 3.8) is 0 Å². The zero-order valence-corrected chi connectivity index (χ0v) is 23.5. The van der Waals surface area contributed by atoms with E-state index in [0.717, 1.165) is 16.7 Å². The Labute approximate surface area is 247 Å². The molecular weight excluding hydrogens is 557 g/mol. The number of hydrogen-bond acceptors (Lipinski definition) is 6. The monoisotopic (exact) mass is 586 g/mol. The number of alkyl halides is 3. The van der Waals surface area contributed by atoms with E-state index >= 15 is 0 Å². The van der Waals surface area contributed by atoms with Gasteiger partial charge in [-0.25, -0.2) is 0 Å². The van der Waals surface area contributed by atoms with Gasteiger partial charge in [0, 0.05) is 17.5 Å². The van der Waals surface area contributed by atoms with Crippen LogP contribution in [0.2, 0.25) is 0 Å². The van der Waals surface area contributed by atoms with E-state index < -0.39 is 23.5 Å². The number of rotatable bonds is 10. The van der Waals surface area contributed by atoms with Crippen LogP contribution in [0.25, 0.3) is 0 Å². The first-order valence-electron chi connectivity index (χ1n) is 13.5. The summed E-state index contributed by atoms with van der Waals surface area (Å²) >= 11 is 0. The van der Waals surface area contributed by atoms with Gasteiger partial charge in [0.15, 0.2) is 0 Å². The number of methoxy groups -OCH3 is 2. The van der Waals surface area contributed by atoms with Crippen LogP contribution in [0, 0.1) is 11.8 Å². The normalized spacial score (nSPS) is 14.4. The fourth-order valence-corrected chi connectivity index (χ4v) is 4.85. The van der Waals surface area contributed by atoms with Crippen LogP contribution in [0.1, 0.15) is 34.2 Å². The van der Waals surface area contributed by atoms with E-state index in [0.29, 0.717) is 17.1 Å². The molecule has 4 aromatic rings. The first-order valence-corrected chi connectivity index (χ1v) is 13.5. The third-order valence-electron chi connectivity index (χ3n) is 7.22.